The molecule has 0 radical (unpaired) electrons. The van der Waals surface area contributed by atoms with Gasteiger partial charge in [-0.05, 0) is 55.5 Å². The number of thioether (sulfide) groups is 1. The average molecular weight is 397 g/mol. The summed E-state index contributed by atoms with van der Waals surface area (Å²) < 4.78 is 5.38. The predicted molar refractivity (Wildman–Crippen MR) is 108 cm³/mol. The lowest BCUT2D eigenvalue weighted by molar-refractivity contribution is -0.113. The molecular weight excluding hydrogens is 378 g/mol. The van der Waals surface area contributed by atoms with Gasteiger partial charge in [0, 0.05) is 16.9 Å². The summed E-state index contributed by atoms with van der Waals surface area (Å²) in [5, 5.41) is 12.6. The van der Waals surface area contributed by atoms with Crippen molar-refractivity contribution in [1.82, 2.24) is 15.2 Å². The average Bonchev–Trinajstić information content (AvgIpc) is 3.22. The standard InChI is InChI=1S/C19H19N5O3S/c1-2-27-16-9-7-15(8-10-16)23-18(26)13-3-5-14(6-4-13)22-17(25)11-28-19-20-12-21-24-19/h3-10,12H,2,11H2,1H3,(H,22,25)(H,23,26)(H,20,21,24). The van der Waals surface area contributed by atoms with Crippen molar-refractivity contribution in [2.24, 2.45) is 0 Å². The van der Waals surface area contributed by atoms with Crippen LogP contribution >= 0.6 is 11.8 Å². The third-order valence-corrected chi connectivity index (χ3v) is 4.46. The first-order chi connectivity index (χ1) is 13.6. The quantitative estimate of drug-likeness (QED) is 0.504. The van der Waals surface area contributed by atoms with E-state index in [2.05, 4.69) is 25.8 Å². The van der Waals surface area contributed by atoms with Crippen molar-refractivity contribution in [3.8, 4) is 5.75 Å². The smallest absolute Gasteiger partial charge is 0.255 e. The van der Waals surface area contributed by atoms with Crippen molar-refractivity contribution < 1.29 is 14.3 Å². The summed E-state index contributed by atoms with van der Waals surface area (Å²) in [5.41, 5.74) is 1.78. The Morgan fingerprint density at radius 1 is 1.04 bits per heavy atom. The molecule has 2 aromatic carbocycles. The van der Waals surface area contributed by atoms with Crippen molar-refractivity contribution >= 4 is 35.0 Å². The van der Waals surface area contributed by atoms with Crippen LogP contribution in [0.1, 0.15) is 17.3 Å². The van der Waals surface area contributed by atoms with Crippen molar-refractivity contribution in [1.29, 1.82) is 0 Å². The number of anilines is 2. The van der Waals surface area contributed by atoms with E-state index in [1.54, 1.807) is 48.5 Å². The Labute approximate surface area is 166 Å². The third-order valence-electron chi connectivity index (χ3n) is 3.59. The number of benzene rings is 2. The zero-order valence-corrected chi connectivity index (χ0v) is 16.0. The minimum absolute atomic E-state index is 0.173. The molecule has 0 atom stereocenters. The zero-order valence-electron chi connectivity index (χ0n) is 15.1. The molecule has 3 aromatic rings. The van der Waals surface area contributed by atoms with Crippen LogP contribution in [0.25, 0.3) is 0 Å². The molecule has 28 heavy (non-hydrogen) atoms. The molecule has 0 aliphatic rings. The molecule has 0 aliphatic heterocycles. The summed E-state index contributed by atoms with van der Waals surface area (Å²) in [6.07, 6.45) is 1.39. The largest absolute Gasteiger partial charge is 0.494 e. The highest BCUT2D eigenvalue weighted by molar-refractivity contribution is 7.99. The molecule has 3 rings (SSSR count). The van der Waals surface area contributed by atoms with Gasteiger partial charge in [0.1, 0.15) is 12.1 Å². The second kappa shape index (κ2) is 9.56. The monoisotopic (exact) mass is 397 g/mol. The first kappa shape index (κ1) is 19.4. The second-order valence-corrected chi connectivity index (χ2v) is 6.58. The summed E-state index contributed by atoms with van der Waals surface area (Å²) in [7, 11) is 0. The van der Waals surface area contributed by atoms with Crippen LogP contribution in [-0.2, 0) is 4.79 Å². The molecular formula is C19H19N5O3S. The number of aromatic amines is 1. The van der Waals surface area contributed by atoms with Crippen LogP contribution in [0, 0.1) is 0 Å². The van der Waals surface area contributed by atoms with Crippen LogP contribution < -0.4 is 15.4 Å². The Kier molecular flexibility index (Phi) is 6.64. The van der Waals surface area contributed by atoms with Gasteiger partial charge in [-0.3, -0.25) is 14.7 Å². The molecule has 0 saturated carbocycles. The normalized spacial score (nSPS) is 10.3. The Bertz CT molecular complexity index is 912. The molecule has 0 aliphatic carbocycles. The number of aromatic nitrogens is 3. The van der Waals surface area contributed by atoms with E-state index in [4.69, 9.17) is 4.74 Å². The molecule has 2 amide bonds. The van der Waals surface area contributed by atoms with E-state index < -0.39 is 0 Å². The Morgan fingerprint density at radius 2 is 1.71 bits per heavy atom. The van der Waals surface area contributed by atoms with Gasteiger partial charge in [0.25, 0.3) is 5.91 Å². The number of H-pyrrole nitrogens is 1. The predicted octanol–water partition coefficient (Wildman–Crippen LogP) is 3.19. The third kappa shape index (κ3) is 5.58. The van der Waals surface area contributed by atoms with Gasteiger partial charge in [0.2, 0.25) is 5.91 Å². The van der Waals surface area contributed by atoms with E-state index in [0.717, 1.165) is 5.75 Å². The fraction of sp³-hybridized carbons (Fsp3) is 0.158. The van der Waals surface area contributed by atoms with Crippen LogP contribution in [0.3, 0.4) is 0 Å². The van der Waals surface area contributed by atoms with E-state index in [1.807, 2.05) is 6.92 Å². The number of amides is 2. The highest BCUT2D eigenvalue weighted by Crippen LogP contribution is 2.17. The van der Waals surface area contributed by atoms with Gasteiger partial charge in [-0.1, -0.05) is 11.8 Å². The van der Waals surface area contributed by atoms with Crippen molar-refractivity contribution in [2.75, 3.05) is 23.0 Å². The van der Waals surface area contributed by atoms with Gasteiger partial charge in [-0.15, -0.1) is 0 Å². The zero-order chi connectivity index (χ0) is 19.8. The van der Waals surface area contributed by atoms with Gasteiger partial charge in [0.15, 0.2) is 5.16 Å². The van der Waals surface area contributed by atoms with Gasteiger partial charge >= 0.3 is 0 Å². The maximum atomic E-state index is 12.3. The van der Waals surface area contributed by atoms with Gasteiger partial charge < -0.3 is 15.4 Å². The van der Waals surface area contributed by atoms with Crippen LogP contribution in [0.15, 0.2) is 60.0 Å². The molecule has 9 heteroatoms. The minimum atomic E-state index is -0.233. The van der Waals surface area contributed by atoms with E-state index in [0.29, 0.717) is 28.7 Å². The number of rotatable bonds is 8. The fourth-order valence-electron chi connectivity index (χ4n) is 2.30. The summed E-state index contributed by atoms with van der Waals surface area (Å²) >= 11 is 1.25. The topological polar surface area (TPSA) is 109 Å². The van der Waals surface area contributed by atoms with E-state index >= 15 is 0 Å². The molecule has 0 saturated heterocycles. The molecule has 144 valence electrons. The second-order valence-electron chi connectivity index (χ2n) is 5.62. The SMILES string of the molecule is CCOc1ccc(NC(=O)c2ccc(NC(=O)CSc3ncn[nH]3)cc2)cc1. The lowest BCUT2D eigenvalue weighted by Gasteiger charge is -2.08. The fourth-order valence-corrected chi connectivity index (χ4v) is 2.88. The molecule has 0 fully saturated rings. The molecule has 1 heterocycles. The maximum Gasteiger partial charge on any atom is 0.255 e. The number of hydrogen-bond donors (Lipinski definition) is 3. The van der Waals surface area contributed by atoms with Gasteiger partial charge in [-0.2, -0.15) is 5.10 Å². The molecule has 0 bridgehead atoms. The first-order valence-corrected chi connectivity index (χ1v) is 9.55. The first-order valence-electron chi connectivity index (χ1n) is 8.56. The van der Waals surface area contributed by atoms with Crippen molar-refractivity contribution in [3.05, 3.63) is 60.4 Å². The number of carbonyl (C=O) groups excluding carboxylic acids is 2. The lowest BCUT2D eigenvalue weighted by Crippen LogP contribution is -2.15. The number of nitrogens with one attached hydrogen (secondary N) is 3. The Balaban J connectivity index is 1.51. The van der Waals surface area contributed by atoms with Crippen molar-refractivity contribution in [3.63, 3.8) is 0 Å². The molecule has 1 aromatic heterocycles. The summed E-state index contributed by atoms with van der Waals surface area (Å²) in [4.78, 5) is 28.2. The number of ether oxygens (including phenoxy) is 1. The highest BCUT2D eigenvalue weighted by Gasteiger charge is 2.08. The maximum absolute atomic E-state index is 12.3. The lowest BCUT2D eigenvalue weighted by atomic mass is 10.2. The van der Waals surface area contributed by atoms with E-state index in [9.17, 15) is 9.59 Å². The van der Waals surface area contributed by atoms with Crippen LogP contribution in [0.2, 0.25) is 0 Å². The summed E-state index contributed by atoms with van der Waals surface area (Å²) in [6.45, 7) is 2.50. The highest BCUT2D eigenvalue weighted by atomic mass is 32.2. The minimum Gasteiger partial charge on any atom is -0.494 e. The summed E-state index contributed by atoms with van der Waals surface area (Å²) in [6, 6.07) is 13.8. The van der Waals surface area contributed by atoms with Gasteiger partial charge in [-0.25, -0.2) is 4.98 Å². The number of carbonyl (C=O) groups is 2. The van der Waals surface area contributed by atoms with Gasteiger partial charge in [0.05, 0.1) is 12.4 Å². The van der Waals surface area contributed by atoms with E-state index in [1.165, 1.54) is 18.1 Å². The van der Waals surface area contributed by atoms with Crippen LogP contribution in [0.5, 0.6) is 5.75 Å². The van der Waals surface area contributed by atoms with Crippen LogP contribution in [-0.4, -0.2) is 39.4 Å². The molecule has 3 N–H and O–H groups in total. The summed E-state index contributed by atoms with van der Waals surface area (Å²) in [5.74, 6) is 0.549. The molecule has 8 nitrogen and oxygen atoms in total. The van der Waals surface area contributed by atoms with E-state index in [-0.39, 0.29) is 17.6 Å². The Morgan fingerprint density at radius 3 is 2.36 bits per heavy atom. The Hall–Kier alpha value is -3.33. The van der Waals surface area contributed by atoms with Crippen LogP contribution in [0.4, 0.5) is 11.4 Å². The molecule has 0 spiro atoms. The molecule has 0 unspecified atom stereocenters. The number of nitrogens with zero attached hydrogens (tertiary/aromatic N) is 2. The van der Waals surface area contributed by atoms with Crippen molar-refractivity contribution in [2.45, 2.75) is 12.1 Å². The number of hydrogen-bond acceptors (Lipinski definition) is 6.